The van der Waals surface area contributed by atoms with E-state index in [9.17, 15) is 4.39 Å². The van der Waals surface area contributed by atoms with Gasteiger partial charge in [-0.05, 0) is 60.7 Å². The van der Waals surface area contributed by atoms with E-state index in [0.717, 1.165) is 23.1 Å². The molecule has 0 fully saturated rings. The van der Waals surface area contributed by atoms with E-state index < -0.39 is 0 Å². The first kappa shape index (κ1) is 12.4. The molecule has 2 N–H and O–H groups in total. The predicted octanol–water partition coefficient (Wildman–Crippen LogP) is 3.90. The van der Waals surface area contributed by atoms with Crippen molar-refractivity contribution >= 4 is 0 Å². The lowest BCUT2D eigenvalue weighted by atomic mass is 9.92. The lowest BCUT2D eigenvalue weighted by molar-refractivity contribution is 0.629. The maximum atomic E-state index is 14.3. The Kier molecular flexibility index (Phi) is 2.90. The van der Waals surface area contributed by atoms with Crippen LogP contribution in [0, 0.1) is 19.7 Å². The van der Waals surface area contributed by atoms with Crippen LogP contribution in [-0.4, -0.2) is 6.54 Å². The fourth-order valence-corrected chi connectivity index (χ4v) is 3.20. The summed E-state index contributed by atoms with van der Waals surface area (Å²) in [4.78, 5) is 0. The molecule has 3 rings (SSSR count). The summed E-state index contributed by atoms with van der Waals surface area (Å²) >= 11 is 0. The molecule has 0 heterocycles. The third-order valence-corrected chi connectivity index (χ3v) is 4.27. The van der Waals surface area contributed by atoms with Crippen LogP contribution in [0.25, 0.3) is 11.1 Å². The van der Waals surface area contributed by atoms with E-state index in [1.54, 1.807) is 12.1 Å². The second-order valence-electron chi connectivity index (χ2n) is 5.31. The van der Waals surface area contributed by atoms with Crippen LogP contribution in [-0.2, 0) is 0 Å². The summed E-state index contributed by atoms with van der Waals surface area (Å²) in [5, 5.41) is 0. The molecule has 0 bridgehead atoms. The van der Waals surface area contributed by atoms with E-state index in [1.807, 2.05) is 6.07 Å². The average Bonchev–Trinajstić information content (AvgIpc) is 2.71. The summed E-state index contributed by atoms with van der Waals surface area (Å²) in [6, 6.07) is 9.65. The van der Waals surface area contributed by atoms with Gasteiger partial charge in [0.15, 0.2) is 0 Å². The van der Waals surface area contributed by atoms with Crippen molar-refractivity contribution < 1.29 is 4.39 Å². The van der Waals surface area contributed by atoms with Crippen molar-refractivity contribution in [3.8, 4) is 11.1 Å². The summed E-state index contributed by atoms with van der Waals surface area (Å²) in [7, 11) is 0. The molecule has 1 aliphatic carbocycles. The topological polar surface area (TPSA) is 26.0 Å². The monoisotopic (exact) mass is 255 g/mol. The highest BCUT2D eigenvalue weighted by atomic mass is 19.1. The highest BCUT2D eigenvalue weighted by Crippen LogP contribution is 2.49. The summed E-state index contributed by atoms with van der Waals surface area (Å²) in [5.74, 6) is 0.122. The Labute approximate surface area is 113 Å². The van der Waals surface area contributed by atoms with Gasteiger partial charge in [-0.25, -0.2) is 4.39 Å². The van der Waals surface area contributed by atoms with Crippen molar-refractivity contribution in [2.24, 2.45) is 5.73 Å². The predicted molar refractivity (Wildman–Crippen MR) is 76.8 cm³/mol. The van der Waals surface area contributed by atoms with E-state index >= 15 is 0 Å². The lowest BCUT2D eigenvalue weighted by Gasteiger charge is -2.13. The molecule has 1 unspecified atom stereocenters. The molecule has 2 aromatic carbocycles. The fraction of sp³-hybridized carbons (Fsp3) is 0.294. The number of hydrogen-bond donors (Lipinski definition) is 1. The summed E-state index contributed by atoms with van der Waals surface area (Å²) < 4.78 is 14.3. The van der Waals surface area contributed by atoms with Gasteiger partial charge in [-0.2, -0.15) is 0 Å². The van der Waals surface area contributed by atoms with Crippen molar-refractivity contribution in [2.45, 2.75) is 26.2 Å². The maximum absolute atomic E-state index is 14.3. The first-order valence-electron chi connectivity index (χ1n) is 6.74. The molecule has 98 valence electrons. The highest BCUT2D eigenvalue weighted by Gasteiger charge is 2.31. The van der Waals surface area contributed by atoms with Gasteiger partial charge in [0, 0.05) is 11.5 Å². The van der Waals surface area contributed by atoms with Crippen LogP contribution in [0.5, 0.6) is 0 Å². The molecule has 0 radical (unpaired) electrons. The van der Waals surface area contributed by atoms with E-state index in [0.29, 0.717) is 6.54 Å². The summed E-state index contributed by atoms with van der Waals surface area (Å²) in [6.07, 6.45) is 0.867. The van der Waals surface area contributed by atoms with E-state index in [2.05, 4.69) is 26.0 Å². The molecule has 2 aromatic rings. The Morgan fingerprint density at radius 2 is 1.79 bits per heavy atom. The van der Waals surface area contributed by atoms with Crippen molar-refractivity contribution in [2.75, 3.05) is 6.54 Å². The highest BCUT2D eigenvalue weighted by molar-refractivity contribution is 5.82. The Morgan fingerprint density at radius 3 is 2.53 bits per heavy atom. The minimum absolute atomic E-state index is 0.119. The standard InChI is InChI=1S/C17H18FN/c1-10-6-7-14-12(8-9-19)13-4-3-5-15(18)17(13)16(14)11(10)2/h3-7,12H,8-9,19H2,1-2H3. The van der Waals surface area contributed by atoms with E-state index in [4.69, 9.17) is 5.73 Å². The van der Waals surface area contributed by atoms with Gasteiger partial charge in [-0.15, -0.1) is 0 Å². The molecule has 19 heavy (non-hydrogen) atoms. The van der Waals surface area contributed by atoms with Crippen LogP contribution in [0.3, 0.4) is 0 Å². The van der Waals surface area contributed by atoms with Gasteiger partial charge in [-0.3, -0.25) is 0 Å². The Balaban J connectivity index is 2.34. The van der Waals surface area contributed by atoms with Crippen molar-refractivity contribution in [3.63, 3.8) is 0 Å². The molecule has 0 saturated carbocycles. The largest absolute Gasteiger partial charge is 0.330 e. The van der Waals surface area contributed by atoms with Gasteiger partial charge in [-0.1, -0.05) is 24.3 Å². The zero-order chi connectivity index (χ0) is 13.6. The number of hydrogen-bond acceptors (Lipinski definition) is 1. The number of nitrogens with two attached hydrogens (primary N) is 1. The number of rotatable bonds is 2. The molecule has 0 amide bonds. The van der Waals surface area contributed by atoms with Crippen molar-refractivity contribution in [1.82, 2.24) is 0 Å². The van der Waals surface area contributed by atoms with Gasteiger partial charge < -0.3 is 5.73 Å². The zero-order valence-corrected chi connectivity index (χ0v) is 11.3. The van der Waals surface area contributed by atoms with Gasteiger partial charge in [0.2, 0.25) is 0 Å². The molecule has 0 aliphatic heterocycles. The van der Waals surface area contributed by atoms with Gasteiger partial charge in [0.25, 0.3) is 0 Å². The molecule has 0 spiro atoms. The van der Waals surface area contributed by atoms with Gasteiger partial charge in [0.05, 0.1) is 0 Å². The summed E-state index contributed by atoms with van der Waals surface area (Å²) in [5.41, 5.74) is 12.3. The SMILES string of the molecule is Cc1ccc2c(c1C)-c1c(F)cccc1C2CCN. The minimum Gasteiger partial charge on any atom is -0.330 e. The van der Waals surface area contributed by atoms with Crippen LogP contribution >= 0.6 is 0 Å². The quantitative estimate of drug-likeness (QED) is 0.865. The second kappa shape index (κ2) is 4.46. The number of benzene rings is 2. The third-order valence-electron chi connectivity index (χ3n) is 4.27. The van der Waals surface area contributed by atoms with Crippen LogP contribution < -0.4 is 5.73 Å². The van der Waals surface area contributed by atoms with Crippen LogP contribution in [0.2, 0.25) is 0 Å². The fourth-order valence-electron chi connectivity index (χ4n) is 3.20. The molecule has 2 heteroatoms. The van der Waals surface area contributed by atoms with Crippen molar-refractivity contribution in [3.05, 3.63) is 58.4 Å². The van der Waals surface area contributed by atoms with Gasteiger partial charge >= 0.3 is 0 Å². The average molecular weight is 255 g/mol. The summed E-state index contributed by atoms with van der Waals surface area (Å²) in [6.45, 7) is 4.77. The molecule has 0 aromatic heterocycles. The van der Waals surface area contributed by atoms with E-state index in [-0.39, 0.29) is 11.7 Å². The van der Waals surface area contributed by atoms with Crippen LogP contribution in [0.1, 0.15) is 34.6 Å². The van der Waals surface area contributed by atoms with Crippen LogP contribution in [0.15, 0.2) is 30.3 Å². The molecular formula is C17H18FN. The Morgan fingerprint density at radius 1 is 1.05 bits per heavy atom. The third kappa shape index (κ3) is 1.71. The first-order chi connectivity index (χ1) is 9.15. The Bertz CT molecular complexity index is 646. The molecule has 1 aliphatic rings. The Hall–Kier alpha value is -1.67. The normalized spacial score (nSPS) is 16.3. The van der Waals surface area contributed by atoms with Crippen molar-refractivity contribution in [1.29, 1.82) is 0 Å². The number of fused-ring (bicyclic) bond motifs is 3. The lowest BCUT2D eigenvalue weighted by Crippen LogP contribution is -2.06. The zero-order valence-electron chi connectivity index (χ0n) is 11.3. The molecule has 0 saturated heterocycles. The second-order valence-corrected chi connectivity index (χ2v) is 5.31. The number of halogens is 1. The molecule has 1 atom stereocenters. The molecule has 1 nitrogen and oxygen atoms in total. The molecular weight excluding hydrogens is 237 g/mol. The maximum Gasteiger partial charge on any atom is 0.131 e. The first-order valence-corrected chi connectivity index (χ1v) is 6.74. The minimum atomic E-state index is -0.119. The van der Waals surface area contributed by atoms with Gasteiger partial charge in [0.1, 0.15) is 5.82 Å². The van der Waals surface area contributed by atoms with E-state index in [1.165, 1.54) is 16.7 Å². The smallest absolute Gasteiger partial charge is 0.131 e. The van der Waals surface area contributed by atoms with Crippen LogP contribution in [0.4, 0.5) is 4.39 Å². The number of aryl methyl sites for hydroxylation is 1.